The molecule has 6 rings (SSSR count). The number of benzene rings is 2. The van der Waals surface area contributed by atoms with Crippen LogP contribution < -0.4 is 0 Å². The lowest BCUT2D eigenvalue weighted by atomic mass is 9.89. The third kappa shape index (κ3) is 7.77. The molecule has 4 aromatic rings. The van der Waals surface area contributed by atoms with Crippen LogP contribution in [0.15, 0.2) is 54.7 Å². The zero-order valence-corrected chi connectivity index (χ0v) is 31.4. The summed E-state index contributed by atoms with van der Waals surface area (Å²) >= 11 is 0. The van der Waals surface area contributed by atoms with Gasteiger partial charge >= 0.3 is 5.97 Å². The van der Waals surface area contributed by atoms with Crippen molar-refractivity contribution >= 4 is 25.1 Å². The zero-order chi connectivity index (χ0) is 34.3. The van der Waals surface area contributed by atoms with Crippen molar-refractivity contribution in [1.29, 1.82) is 0 Å². The fourth-order valence-electron chi connectivity index (χ4n) is 7.39. The van der Waals surface area contributed by atoms with E-state index in [1.165, 1.54) is 48.9 Å². The van der Waals surface area contributed by atoms with Crippen LogP contribution in [0.25, 0.3) is 33.4 Å². The number of carbonyl (C=O) groups excluding carboxylic acids is 1. The van der Waals surface area contributed by atoms with Crippen LogP contribution in [0.5, 0.6) is 0 Å². The monoisotopic (exact) mass is 666 g/mol. The van der Waals surface area contributed by atoms with E-state index in [4.69, 9.17) is 19.6 Å². The van der Waals surface area contributed by atoms with Gasteiger partial charge in [0.2, 0.25) is 0 Å². The van der Waals surface area contributed by atoms with Crippen LogP contribution in [-0.4, -0.2) is 64.0 Å². The van der Waals surface area contributed by atoms with E-state index >= 15 is 0 Å². The van der Waals surface area contributed by atoms with Gasteiger partial charge in [0.25, 0.3) is 0 Å². The van der Waals surface area contributed by atoms with Crippen molar-refractivity contribution in [2.45, 2.75) is 123 Å². The maximum atomic E-state index is 12.7. The summed E-state index contributed by atoms with van der Waals surface area (Å²) < 4.78 is 13.6. The van der Waals surface area contributed by atoms with E-state index in [1.807, 2.05) is 55.9 Å². The average Bonchev–Trinajstić information content (AvgIpc) is 3.58. The van der Waals surface area contributed by atoms with Crippen LogP contribution in [-0.2, 0) is 29.0 Å². The highest BCUT2D eigenvalue weighted by Gasteiger charge is 2.38. The first-order valence-corrected chi connectivity index (χ1v) is 21.6. The lowest BCUT2D eigenvalue weighted by Gasteiger charge is -2.41. The Bertz CT molecular complexity index is 1770. The SMILES string of the molecule is C[C@@H]1CCCN1C1(C)CCc2ccc(-c3cnc4c(c3)c(-c3ccc(C(=O)OC(C)(C)C)cc3)nn4COCC[Si](C)(C)C)cc2CC1. The molecule has 256 valence electrons. The van der Waals surface area contributed by atoms with E-state index < -0.39 is 13.7 Å². The number of esters is 1. The molecule has 1 saturated heterocycles. The molecule has 1 aliphatic heterocycles. The summed E-state index contributed by atoms with van der Waals surface area (Å²) in [4.78, 5) is 20.5. The van der Waals surface area contributed by atoms with E-state index in [-0.39, 0.29) is 11.5 Å². The van der Waals surface area contributed by atoms with Crippen molar-refractivity contribution < 1.29 is 14.3 Å². The lowest BCUT2D eigenvalue weighted by Crippen LogP contribution is -2.48. The van der Waals surface area contributed by atoms with Crippen molar-refractivity contribution in [3.8, 4) is 22.4 Å². The number of rotatable bonds is 9. The van der Waals surface area contributed by atoms with E-state index in [0.29, 0.717) is 24.9 Å². The Labute approximate surface area is 288 Å². The average molecular weight is 667 g/mol. The van der Waals surface area contributed by atoms with Crippen LogP contribution in [0, 0.1) is 0 Å². The Hall–Kier alpha value is -3.33. The van der Waals surface area contributed by atoms with Gasteiger partial charge in [-0.05, 0) is 121 Å². The summed E-state index contributed by atoms with van der Waals surface area (Å²) in [5.41, 5.74) is 7.99. The van der Waals surface area contributed by atoms with Gasteiger partial charge in [0.1, 0.15) is 18.0 Å². The number of fused-ring (bicyclic) bond motifs is 2. The van der Waals surface area contributed by atoms with Gasteiger partial charge in [-0.15, -0.1) is 0 Å². The van der Waals surface area contributed by atoms with E-state index in [0.717, 1.165) is 46.7 Å². The van der Waals surface area contributed by atoms with E-state index in [2.05, 4.69) is 62.7 Å². The number of hydrogen-bond donors (Lipinski definition) is 0. The van der Waals surface area contributed by atoms with Crippen molar-refractivity contribution in [3.63, 3.8) is 0 Å². The second-order valence-electron chi connectivity index (χ2n) is 16.5. The number of carbonyl (C=O) groups is 1. The van der Waals surface area contributed by atoms with Crippen molar-refractivity contribution in [2.24, 2.45) is 0 Å². The minimum Gasteiger partial charge on any atom is -0.456 e. The molecule has 1 unspecified atom stereocenters. The molecule has 0 saturated carbocycles. The highest BCUT2D eigenvalue weighted by atomic mass is 28.3. The molecule has 3 heterocycles. The van der Waals surface area contributed by atoms with Gasteiger partial charge in [-0.2, -0.15) is 5.10 Å². The molecule has 0 N–H and O–H groups in total. The molecular formula is C40H54N4O3Si. The number of hydrogen-bond acceptors (Lipinski definition) is 6. The van der Waals surface area contributed by atoms with E-state index in [9.17, 15) is 4.79 Å². The quantitative estimate of drug-likeness (QED) is 0.0768. The van der Waals surface area contributed by atoms with Gasteiger partial charge in [-0.1, -0.05) is 50.0 Å². The number of aryl methyl sites for hydroxylation is 2. The number of aromatic nitrogens is 3. The first-order valence-electron chi connectivity index (χ1n) is 17.9. The summed E-state index contributed by atoms with van der Waals surface area (Å²) in [5, 5.41) is 5.99. The van der Waals surface area contributed by atoms with Gasteiger partial charge in [-0.3, -0.25) is 4.90 Å². The largest absolute Gasteiger partial charge is 0.456 e. The molecule has 2 atom stereocenters. The molecule has 2 aromatic heterocycles. The highest BCUT2D eigenvalue weighted by Crippen LogP contribution is 2.38. The third-order valence-corrected chi connectivity index (χ3v) is 11.9. The molecule has 1 aliphatic carbocycles. The number of likely N-dealkylation sites (tertiary alicyclic amines) is 1. The van der Waals surface area contributed by atoms with Gasteiger partial charge in [-0.25, -0.2) is 14.5 Å². The Balaban J connectivity index is 1.31. The van der Waals surface area contributed by atoms with E-state index in [1.54, 1.807) is 0 Å². The fraction of sp³-hybridized carbons (Fsp3) is 0.525. The molecule has 0 radical (unpaired) electrons. The van der Waals surface area contributed by atoms with Crippen molar-refractivity contribution in [1.82, 2.24) is 19.7 Å². The normalized spacial score (nSPS) is 20.5. The summed E-state index contributed by atoms with van der Waals surface area (Å²) in [5.74, 6) is -0.331. The van der Waals surface area contributed by atoms with Gasteiger partial charge in [0.15, 0.2) is 5.65 Å². The van der Waals surface area contributed by atoms with Crippen LogP contribution in [0.4, 0.5) is 0 Å². The van der Waals surface area contributed by atoms with Crippen LogP contribution in [0.2, 0.25) is 25.7 Å². The van der Waals surface area contributed by atoms with Gasteiger partial charge in [0.05, 0.1) is 5.56 Å². The topological polar surface area (TPSA) is 69.5 Å². The second-order valence-corrected chi connectivity index (χ2v) is 22.2. The molecule has 2 aromatic carbocycles. The molecule has 48 heavy (non-hydrogen) atoms. The summed E-state index contributed by atoms with van der Waals surface area (Å²) in [6, 6.07) is 18.5. The molecule has 0 bridgehead atoms. The smallest absolute Gasteiger partial charge is 0.338 e. The minimum atomic E-state index is -1.21. The summed E-state index contributed by atoms with van der Waals surface area (Å²) in [6.45, 7) is 19.9. The predicted octanol–water partition coefficient (Wildman–Crippen LogP) is 9.15. The summed E-state index contributed by atoms with van der Waals surface area (Å²) in [6.07, 6.45) is 9.25. The zero-order valence-electron chi connectivity index (χ0n) is 30.4. The van der Waals surface area contributed by atoms with Gasteiger partial charge in [0, 0.05) is 49.0 Å². The first kappa shape index (κ1) is 34.5. The minimum absolute atomic E-state index is 0.259. The van der Waals surface area contributed by atoms with Crippen molar-refractivity contribution in [2.75, 3.05) is 13.2 Å². The Kier molecular flexibility index (Phi) is 9.73. The summed E-state index contributed by atoms with van der Waals surface area (Å²) in [7, 11) is -1.21. The highest BCUT2D eigenvalue weighted by molar-refractivity contribution is 6.76. The number of ether oxygens (including phenoxy) is 2. The number of pyridine rings is 1. The Morgan fingerprint density at radius 1 is 0.979 bits per heavy atom. The number of nitrogens with zero attached hydrogens (tertiary/aromatic N) is 4. The van der Waals surface area contributed by atoms with Crippen LogP contribution in [0.3, 0.4) is 0 Å². The van der Waals surface area contributed by atoms with Crippen LogP contribution in [0.1, 0.15) is 81.8 Å². The maximum absolute atomic E-state index is 12.7. The van der Waals surface area contributed by atoms with Crippen molar-refractivity contribution in [3.05, 3.63) is 71.4 Å². The molecule has 7 nitrogen and oxygen atoms in total. The Morgan fingerprint density at radius 2 is 1.69 bits per heavy atom. The molecular weight excluding hydrogens is 613 g/mol. The lowest BCUT2D eigenvalue weighted by molar-refractivity contribution is 0.00695. The molecule has 8 heteroatoms. The van der Waals surface area contributed by atoms with Gasteiger partial charge < -0.3 is 9.47 Å². The second kappa shape index (κ2) is 13.5. The Morgan fingerprint density at radius 3 is 2.35 bits per heavy atom. The predicted molar refractivity (Wildman–Crippen MR) is 198 cm³/mol. The third-order valence-electron chi connectivity index (χ3n) is 10.2. The fourth-order valence-corrected chi connectivity index (χ4v) is 8.15. The molecule has 1 fully saturated rings. The standard InChI is InChI=1S/C40H54N4O3Si/c1-28-10-9-21-43(28)40(5)19-17-29-11-16-32(24-33(29)18-20-40)34-25-35-36(30-12-14-31(15-13-30)38(45)47-39(2,3)4)42-44(37(35)41-26-34)27-46-22-23-48(6,7)8/h11-16,24-26,28H,9-10,17-23,27H2,1-8H3/t28-,40?/m1/s1. The maximum Gasteiger partial charge on any atom is 0.338 e. The molecule has 0 amide bonds. The first-order chi connectivity index (χ1) is 22.7. The molecule has 2 aliphatic rings. The molecule has 0 spiro atoms. The van der Waals surface area contributed by atoms with Crippen LogP contribution >= 0.6 is 0 Å².